The third kappa shape index (κ3) is 4.45. The number of carbonyl (C=O) groups excluding carboxylic acids is 1. The molecule has 0 radical (unpaired) electrons. The van der Waals surface area contributed by atoms with Crippen molar-refractivity contribution in [2.24, 2.45) is 0 Å². The van der Waals surface area contributed by atoms with Crippen molar-refractivity contribution < 1.29 is 4.79 Å². The summed E-state index contributed by atoms with van der Waals surface area (Å²) < 4.78 is 0. The van der Waals surface area contributed by atoms with Crippen LogP contribution in [0.4, 0.5) is 5.82 Å². The Bertz CT molecular complexity index is 978. The Kier molecular flexibility index (Phi) is 5.84. The molecule has 2 heterocycles. The maximum atomic E-state index is 12.7. The van der Waals surface area contributed by atoms with Gasteiger partial charge in [-0.3, -0.25) is 9.78 Å². The molecule has 1 amide bonds. The van der Waals surface area contributed by atoms with Gasteiger partial charge >= 0.3 is 0 Å². The summed E-state index contributed by atoms with van der Waals surface area (Å²) in [6.07, 6.45) is 6.82. The molecule has 3 aromatic rings. The summed E-state index contributed by atoms with van der Waals surface area (Å²) in [6.45, 7) is 4.65. The molecular weight excluding hydrogens is 360 g/mol. The summed E-state index contributed by atoms with van der Waals surface area (Å²) in [4.78, 5) is 24.1. The van der Waals surface area contributed by atoms with Crippen LogP contribution < -0.4 is 10.2 Å². The summed E-state index contributed by atoms with van der Waals surface area (Å²) >= 11 is 0. The Morgan fingerprint density at radius 3 is 2.48 bits per heavy atom. The molecule has 1 fully saturated rings. The minimum Gasteiger partial charge on any atom is -0.355 e. The third-order valence-electron chi connectivity index (χ3n) is 5.37. The molecule has 1 aliphatic rings. The number of nitrogens with one attached hydrogen (secondary N) is 1. The van der Waals surface area contributed by atoms with Crippen LogP contribution in [0.2, 0.25) is 0 Å². The second-order valence-electron chi connectivity index (χ2n) is 7.36. The molecule has 0 unspecified atom stereocenters. The molecule has 0 aliphatic carbocycles. The quantitative estimate of drug-likeness (QED) is 0.689. The molecule has 5 nitrogen and oxygen atoms in total. The van der Waals surface area contributed by atoms with Gasteiger partial charge in [0.1, 0.15) is 5.69 Å². The molecule has 1 aromatic heterocycles. The first kappa shape index (κ1) is 19.1. The molecule has 1 saturated heterocycles. The normalized spacial score (nSPS) is 13.5. The minimum atomic E-state index is -0.0852. The number of anilines is 1. The molecular formula is C24H26N4O. The highest BCUT2D eigenvalue weighted by molar-refractivity contribution is 5.95. The van der Waals surface area contributed by atoms with Gasteiger partial charge in [-0.1, -0.05) is 43.3 Å². The Balaban J connectivity index is 1.50. The minimum absolute atomic E-state index is 0.0852. The number of nitrogens with zero attached hydrogens (tertiary/aromatic N) is 3. The fourth-order valence-electron chi connectivity index (χ4n) is 3.68. The van der Waals surface area contributed by atoms with E-state index in [2.05, 4.69) is 51.4 Å². The summed E-state index contributed by atoms with van der Waals surface area (Å²) in [7, 11) is 0. The van der Waals surface area contributed by atoms with Crippen molar-refractivity contribution >= 4 is 11.7 Å². The number of carbonyl (C=O) groups is 1. The van der Waals surface area contributed by atoms with Crippen LogP contribution in [0.25, 0.3) is 11.3 Å². The lowest BCUT2D eigenvalue weighted by atomic mass is 10.1. The Hall–Kier alpha value is -3.21. The van der Waals surface area contributed by atoms with Crippen molar-refractivity contribution in [3.8, 4) is 11.3 Å². The van der Waals surface area contributed by atoms with E-state index in [1.54, 1.807) is 12.4 Å². The number of benzene rings is 2. The zero-order valence-corrected chi connectivity index (χ0v) is 16.8. The second-order valence-corrected chi connectivity index (χ2v) is 7.36. The molecule has 29 heavy (non-hydrogen) atoms. The predicted molar refractivity (Wildman–Crippen MR) is 116 cm³/mol. The number of amides is 1. The van der Waals surface area contributed by atoms with E-state index < -0.39 is 0 Å². The average molecular weight is 386 g/mol. The van der Waals surface area contributed by atoms with Crippen LogP contribution in [0.3, 0.4) is 0 Å². The topological polar surface area (TPSA) is 58.1 Å². The smallest absolute Gasteiger partial charge is 0.251 e. The van der Waals surface area contributed by atoms with Gasteiger partial charge in [-0.15, -0.1) is 0 Å². The molecule has 1 aliphatic heterocycles. The van der Waals surface area contributed by atoms with Crippen molar-refractivity contribution in [3.63, 3.8) is 0 Å². The van der Waals surface area contributed by atoms with E-state index >= 15 is 0 Å². The molecule has 0 bridgehead atoms. The first-order chi connectivity index (χ1) is 14.2. The summed E-state index contributed by atoms with van der Waals surface area (Å²) in [5.74, 6) is 0.816. The maximum Gasteiger partial charge on any atom is 0.251 e. The monoisotopic (exact) mass is 386 g/mol. The lowest BCUT2D eigenvalue weighted by Gasteiger charge is -2.19. The molecule has 2 aromatic carbocycles. The van der Waals surface area contributed by atoms with Crippen molar-refractivity contribution in [2.75, 3.05) is 18.0 Å². The van der Waals surface area contributed by atoms with Crippen LogP contribution in [0.5, 0.6) is 0 Å². The molecule has 4 rings (SSSR count). The van der Waals surface area contributed by atoms with E-state index in [1.807, 2.05) is 24.3 Å². The van der Waals surface area contributed by atoms with Crippen molar-refractivity contribution in [1.29, 1.82) is 0 Å². The number of aryl methyl sites for hydroxylation is 1. The molecule has 0 spiro atoms. The summed E-state index contributed by atoms with van der Waals surface area (Å²) in [5.41, 5.74) is 4.77. The van der Waals surface area contributed by atoms with E-state index in [-0.39, 0.29) is 5.91 Å². The molecule has 0 saturated carbocycles. The van der Waals surface area contributed by atoms with Crippen LogP contribution in [0, 0.1) is 0 Å². The van der Waals surface area contributed by atoms with Gasteiger partial charge in [0.25, 0.3) is 5.91 Å². The fourth-order valence-corrected chi connectivity index (χ4v) is 3.68. The Labute approximate surface area is 171 Å². The SMILES string of the molecule is CCc1ccc(CNC(=O)c2cccc(-c3nccnc3N3CCCC3)c2)cc1. The molecule has 0 atom stereocenters. The lowest BCUT2D eigenvalue weighted by Crippen LogP contribution is -2.23. The van der Waals surface area contributed by atoms with Gasteiger partial charge in [0.15, 0.2) is 5.82 Å². The zero-order valence-electron chi connectivity index (χ0n) is 16.8. The van der Waals surface area contributed by atoms with Crippen LogP contribution in [0.1, 0.15) is 41.3 Å². The fraction of sp³-hybridized carbons (Fsp3) is 0.292. The highest BCUT2D eigenvalue weighted by Crippen LogP contribution is 2.29. The summed E-state index contributed by atoms with van der Waals surface area (Å²) in [5, 5.41) is 3.02. The van der Waals surface area contributed by atoms with Crippen LogP contribution in [-0.4, -0.2) is 29.0 Å². The van der Waals surface area contributed by atoms with Gasteiger partial charge in [0.2, 0.25) is 0 Å². The van der Waals surface area contributed by atoms with Crippen LogP contribution >= 0.6 is 0 Å². The molecule has 1 N–H and O–H groups in total. The van der Waals surface area contributed by atoms with Gasteiger partial charge in [-0.05, 0) is 42.5 Å². The van der Waals surface area contributed by atoms with Crippen molar-refractivity contribution in [3.05, 3.63) is 77.6 Å². The highest BCUT2D eigenvalue weighted by Gasteiger charge is 2.19. The van der Waals surface area contributed by atoms with Gasteiger partial charge in [-0.2, -0.15) is 0 Å². The van der Waals surface area contributed by atoms with E-state index in [1.165, 1.54) is 18.4 Å². The maximum absolute atomic E-state index is 12.7. The largest absolute Gasteiger partial charge is 0.355 e. The van der Waals surface area contributed by atoms with Gasteiger partial charge in [0, 0.05) is 43.2 Å². The summed E-state index contributed by atoms with van der Waals surface area (Å²) in [6, 6.07) is 16.0. The number of rotatable bonds is 6. The van der Waals surface area contributed by atoms with Crippen molar-refractivity contribution in [2.45, 2.75) is 32.7 Å². The van der Waals surface area contributed by atoms with Gasteiger partial charge < -0.3 is 10.2 Å². The number of aromatic nitrogens is 2. The van der Waals surface area contributed by atoms with E-state index in [4.69, 9.17) is 0 Å². The first-order valence-corrected chi connectivity index (χ1v) is 10.3. The Morgan fingerprint density at radius 1 is 1.00 bits per heavy atom. The van der Waals surface area contributed by atoms with Crippen LogP contribution in [0.15, 0.2) is 60.9 Å². The van der Waals surface area contributed by atoms with Crippen molar-refractivity contribution in [1.82, 2.24) is 15.3 Å². The standard InChI is InChI=1S/C24H26N4O/c1-2-18-8-10-19(11-9-18)17-27-24(29)21-7-5-6-20(16-21)22-23(26-13-12-25-22)28-14-3-4-15-28/h5-13,16H,2-4,14-15,17H2,1H3,(H,27,29). The number of hydrogen-bond acceptors (Lipinski definition) is 4. The predicted octanol–water partition coefficient (Wildman–Crippen LogP) is 4.24. The van der Waals surface area contributed by atoms with Crippen LogP contribution in [-0.2, 0) is 13.0 Å². The highest BCUT2D eigenvalue weighted by atomic mass is 16.1. The molecule has 148 valence electrons. The van der Waals surface area contributed by atoms with Gasteiger partial charge in [0.05, 0.1) is 0 Å². The van der Waals surface area contributed by atoms with E-state index in [0.29, 0.717) is 12.1 Å². The number of hydrogen-bond donors (Lipinski definition) is 1. The van der Waals surface area contributed by atoms with Gasteiger partial charge in [-0.25, -0.2) is 4.98 Å². The second kappa shape index (κ2) is 8.86. The van der Waals surface area contributed by atoms with E-state index in [9.17, 15) is 4.79 Å². The Morgan fingerprint density at radius 2 is 1.72 bits per heavy atom. The zero-order chi connectivity index (χ0) is 20.1. The molecule has 5 heteroatoms. The third-order valence-corrected chi connectivity index (χ3v) is 5.37. The average Bonchev–Trinajstić information content (AvgIpc) is 3.33. The lowest BCUT2D eigenvalue weighted by molar-refractivity contribution is 0.0951. The first-order valence-electron chi connectivity index (χ1n) is 10.3. The van der Waals surface area contributed by atoms with E-state index in [0.717, 1.165) is 42.1 Å².